The molecule has 1 heterocycles. The highest BCUT2D eigenvalue weighted by molar-refractivity contribution is 5.55. The molecule has 6 heteroatoms. The molecule has 0 saturated heterocycles. The van der Waals surface area contributed by atoms with Crippen LogP contribution in [0.15, 0.2) is 18.3 Å². The number of rotatable bonds is 6. The number of hydrogen-bond donors (Lipinski definition) is 1. The molecule has 21 heavy (non-hydrogen) atoms. The highest BCUT2D eigenvalue weighted by Crippen LogP contribution is 2.38. The van der Waals surface area contributed by atoms with E-state index in [0.717, 1.165) is 16.9 Å². The molecule has 2 rings (SSSR count). The first kappa shape index (κ1) is 15.0. The minimum Gasteiger partial charge on any atom is -0.493 e. The van der Waals surface area contributed by atoms with E-state index in [4.69, 9.17) is 14.2 Å². The normalized spacial score (nSPS) is 10.3. The first-order valence-corrected chi connectivity index (χ1v) is 6.62. The van der Waals surface area contributed by atoms with Crippen molar-refractivity contribution >= 4 is 5.69 Å². The van der Waals surface area contributed by atoms with Gasteiger partial charge in [0.05, 0.1) is 32.7 Å². The van der Waals surface area contributed by atoms with Crippen LogP contribution in [-0.4, -0.2) is 31.1 Å². The minimum absolute atomic E-state index is 0.598. The third kappa shape index (κ3) is 3.21. The lowest BCUT2D eigenvalue weighted by Gasteiger charge is -2.14. The Bertz CT molecular complexity index is 598. The van der Waals surface area contributed by atoms with E-state index in [9.17, 15) is 0 Å². The van der Waals surface area contributed by atoms with Gasteiger partial charge in [-0.3, -0.25) is 4.68 Å². The summed E-state index contributed by atoms with van der Waals surface area (Å²) in [5.74, 6) is 1.90. The van der Waals surface area contributed by atoms with Crippen molar-refractivity contribution in [2.75, 3.05) is 26.6 Å². The fraction of sp³-hybridized carbons (Fsp3) is 0.400. The second kappa shape index (κ2) is 6.39. The van der Waals surface area contributed by atoms with Gasteiger partial charge >= 0.3 is 0 Å². The van der Waals surface area contributed by atoms with Crippen molar-refractivity contribution in [3.8, 4) is 17.2 Å². The van der Waals surface area contributed by atoms with Gasteiger partial charge < -0.3 is 19.5 Å². The van der Waals surface area contributed by atoms with E-state index < -0.39 is 0 Å². The van der Waals surface area contributed by atoms with Crippen molar-refractivity contribution in [1.29, 1.82) is 0 Å². The zero-order valence-corrected chi connectivity index (χ0v) is 13.1. The van der Waals surface area contributed by atoms with Gasteiger partial charge in [-0.25, -0.2) is 0 Å². The molecule has 1 N–H and O–H groups in total. The SMILES string of the molecule is COc1cc(CNc2cn(C)nc2C)cc(OC)c1OC. The molecule has 0 bridgehead atoms. The predicted octanol–water partition coefficient (Wildman–Crippen LogP) is 2.37. The lowest BCUT2D eigenvalue weighted by atomic mass is 10.1. The maximum absolute atomic E-state index is 5.35. The number of methoxy groups -OCH3 is 3. The van der Waals surface area contributed by atoms with Crippen LogP contribution in [-0.2, 0) is 13.6 Å². The molecule has 6 nitrogen and oxygen atoms in total. The monoisotopic (exact) mass is 291 g/mol. The molecule has 0 aliphatic carbocycles. The van der Waals surface area contributed by atoms with Crippen molar-refractivity contribution in [2.45, 2.75) is 13.5 Å². The molecule has 0 unspecified atom stereocenters. The highest BCUT2D eigenvalue weighted by atomic mass is 16.5. The summed E-state index contributed by atoms with van der Waals surface area (Å²) in [6, 6.07) is 3.86. The Balaban J connectivity index is 2.22. The maximum Gasteiger partial charge on any atom is 0.203 e. The second-order valence-electron chi connectivity index (χ2n) is 4.69. The summed E-state index contributed by atoms with van der Waals surface area (Å²) in [6.45, 7) is 2.61. The molecule has 0 saturated carbocycles. The Hall–Kier alpha value is -2.37. The number of benzene rings is 1. The molecular weight excluding hydrogens is 270 g/mol. The lowest BCUT2D eigenvalue weighted by molar-refractivity contribution is 0.324. The quantitative estimate of drug-likeness (QED) is 0.885. The van der Waals surface area contributed by atoms with Crippen LogP contribution in [0.2, 0.25) is 0 Å². The van der Waals surface area contributed by atoms with E-state index >= 15 is 0 Å². The third-order valence-corrected chi connectivity index (χ3v) is 3.22. The van der Waals surface area contributed by atoms with Crippen molar-refractivity contribution < 1.29 is 14.2 Å². The van der Waals surface area contributed by atoms with Gasteiger partial charge in [0.25, 0.3) is 0 Å². The van der Waals surface area contributed by atoms with Crippen LogP contribution in [0.3, 0.4) is 0 Å². The first-order valence-electron chi connectivity index (χ1n) is 6.62. The summed E-state index contributed by atoms with van der Waals surface area (Å²) < 4.78 is 17.8. The summed E-state index contributed by atoms with van der Waals surface area (Å²) in [5.41, 5.74) is 3.00. The standard InChI is InChI=1S/C15H21N3O3/c1-10-12(9-18(2)17-10)16-8-11-6-13(19-3)15(21-5)14(7-11)20-4/h6-7,9,16H,8H2,1-5H3. The van der Waals surface area contributed by atoms with Crippen LogP contribution >= 0.6 is 0 Å². The lowest BCUT2D eigenvalue weighted by Crippen LogP contribution is -2.02. The van der Waals surface area contributed by atoms with E-state index in [1.165, 1.54) is 0 Å². The Morgan fingerprint density at radius 1 is 1.10 bits per heavy atom. The van der Waals surface area contributed by atoms with Crippen LogP contribution < -0.4 is 19.5 Å². The molecule has 0 amide bonds. The number of aryl methyl sites for hydroxylation is 2. The minimum atomic E-state index is 0.598. The van der Waals surface area contributed by atoms with Gasteiger partial charge in [0.15, 0.2) is 11.5 Å². The predicted molar refractivity (Wildman–Crippen MR) is 81.4 cm³/mol. The Morgan fingerprint density at radius 3 is 2.14 bits per heavy atom. The van der Waals surface area contributed by atoms with Crippen LogP contribution in [0.25, 0.3) is 0 Å². The Kier molecular flexibility index (Phi) is 4.57. The summed E-state index contributed by atoms with van der Waals surface area (Å²) in [5, 5.41) is 7.66. The summed E-state index contributed by atoms with van der Waals surface area (Å²) >= 11 is 0. The van der Waals surface area contributed by atoms with Crippen molar-refractivity contribution in [1.82, 2.24) is 9.78 Å². The van der Waals surface area contributed by atoms with E-state index in [2.05, 4.69) is 10.4 Å². The zero-order valence-electron chi connectivity index (χ0n) is 13.1. The van der Waals surface area contributed by atoms with Gasteiger partial charge in [-0.15, -0.1) is 0 Å². The maximum atomic E-state index is 5.35. The molecule has 0 aliphatic heterocycles. The van der Waals surface area contributed by atoms with E-state index in [1.807, 2.05) is 32.3 Å². The van der Waals surface area contributed by atoms with Crippen LogP contribution in [0.1, 0.15) is 11.3 Å². The molecule has 0 fully saturated rings. The molecule has 1 aromatic carbocycles. The fourth-order valence-corrected chi connectivity index (χ4v) is 2.21. The van der Waals surface area contributed by atoms with Gasteiger partial charge in [0, 0.05) is 19.8 Å². The summed E-state index contributed by atoms with van der Waals surface area (Å²) in [7, 11) is 6.72. The van der Waals surface area contributed by atoms with E-state index in [0.29, 0.717) is 23.8 Å². The third-order valence-electron chi connectivity index (χ3n) is 3.22. The average Bonchev–Trinajstić information content (AvgIpc) is 2.81. The smallest absolute Gasteiger partial charge is 0.203 e. The van der Waals surface area contributed by atoms with Crippen LogP contribution in [0, 0.1) is 6.92 Å². The Morgan fingerprint density at radius 2 is 1.71 bits per heavy atom. The van der Waals surface area contributed by atoms with Crippen molar-refractivity contribution in [3.05, 3.63) is 29.6 Å². The molecule has 0 atom stereocenters. The molecule has 2 aromatic rings. The van der Waals surface area contributed by atoms with Gasteiger partial charge in [-0.05, 0) is 24.6 Å². The molecule has 0 radical (unpaired) electrons. The largest absolute Gasteiger partial charge is 0.493 e. The van der Waals surface area contributed by atoms with Crippen LogP contribution in [0.5, 0.6) is 17.2 Å². The number of aromatic nitrogens is 2. The molecule has 114 valence electrons. The van der Waals surface area contributed by atoms with Crippen molar-refractivity contribution in [3.63, 3.8) is 0 Å². The van der Waals surface area contributed by atoms with Crippen molar-refractivity contribution in [2.24, 2.45) is 7.05 Å². The van der Waals surface area contributed by atoms with Gasteiger partial charge in [-0.1, -0.05) is 0 Å². The number of nitrogens with one attached hydrogen (secondary N) is 1. The first-order chi connectivity index (χ1) is 10.1. The number of ether oxygens (including phenoxy) is 3. The van der Waals surface area contributed by atoms with Gasteiger partial charge in [0.2, 0.25) is 5.75 Å². The summed E-state index contributed by atoms with van der Waals surface area (Å²) in [6.07, 6.45) is 1.95. The molecule has 0 aliphatic rings. The van der Waals surface area contributed by atoms with E-state index in [-0.39, 0.29) is 0 Å². The van der Waals surface area contributed by atoms with Crippen LogP contribution in [0.4, 0.5) is 5.69 Å². The topological polar surface area (TPSA) is 57.5 Å². The second-order valence-corrected chi connectivity index (χ2v) is 4.69. The zero-order chi connectivity index (χ0) is 15.4. The average molecular weight is 291 g/mol. The summed E-state index contributed by atoms with van der Waals surface area (Å²) in [4.78, 5) is 0. The van der Waals surface area contributed by atoms with Gasteiger partial charge in [0.1, 0.15) is 0 Å². The highest BCUT2D eigenvalue weighted by Gasteiger charge is 2.13. The van der Waals surface area contributed by atoms with Gasteiger partial charge in [-0.2, -0.15) is 5.10 Å². The van der Waals surface area contributed by atoms with E-state index in [1.54, 1.807) is 26.0 Å². The fourth-order valence-electron chi connectivity index (χ4n) is 2.21. The molecule has 0 spiro atoms. The number of nitrogens with zero attached hydrogens (tertiary/aromatic N) is 2. The number of hydrogen-bond acceptors (Lipinski definition) is 5. The number of anilines is 1. The molecule has 1 aromatic heterocycles. The Labute approximate surface area is 124 Å². The molecular formula is C15H21N3O3.